The molecular weight excluding hydrogens is 498 g/mol. The largest absolute Gasteiger partial charge is 0.342 e. The zero-order chi connectivity index (χ0) is 26.2. The van der Waals surface area contributed by atoms with Gasteiger partial charge in [0.25, 0.3) is 16.8 Å². The van der Waals surface area contributed by atoms with Crippen LogP contribution in [0.5, 0.6) is 0 Å². The molecule has 0 saturated carbocycles. The minimum atomic E-state index is -0.416. The van der Waals surface area contributed by atoms with Crippen LogP contribution in [0.1, 0.15) is 16.7 Å². The lowest BCUT2D eigenvalue weighted by molar-refractivity contribution is -0.384. The molecule has 6 rings (SSSR count). The fourth-order valence-electron chi connectivity index (χ4n) is 4.82. The van der Waals surface area contributed by atoms with E-state index in [1.165, 1.54) is 17.0 Å². The molecule has 0 spiro atoms. The van der Waals surface area contributed by atoms with Gasteiger partial charge < -0.3 is 4.57 Å². The van der Waals surface area contributed by atoms with E-state index in [2.05, 4.69) is 0 Å². The van der Waals surface area contributed by atoms with E-state index in [9.17, 15) is 19.7 Å². The van der Waals surface area contributed by atoms with E-state index >= 15 is 0 Å². The van der Waals surface area contributed by atoms with Crippen molar-refractivity contribution in [3.8, 4) is 0 Å². The molecule has 1 aliphatic heterocycles. The van der Waals surface area contributed by atoms with Crippen LogP contribution in [0.4, 0.5) is 10.5 Å². The summed E-state index contributed by atoms with van der Waals surface area (Å²) < 4.78 is 2.04. The Morgan fingerprint density at radius 2 is 1.53 bits per heavy atom. The number of nitrogens with zero attached hydrogens (tertiary/aromatic N) is 3. The van der Waals surface area contributed by atoms with Crippen molar-refractivity contribution >= 4 is 56.3 Å². The van der Waals surface area contributed by atoms with Crippen LogP contribution in [-0.4, -0.2) is 25.5 Å². The fourth-order valence-corrected chi connectivity index (χ4v) is 5.65. The molecule has 2 heterocycles. The van der Waals surface area contributed by atoms with Crippen molar-refractivity contribution in [3.63, 3.8) is 0 Å². The molecule has 0 unspecified atom stereocenters. The molecule has 1 fully saturated rings. The van der Waals surface area contributed by atoms with Crippen molar-refractivity contribution in [1.82, 2.24) is 9.47 Å². The number of hydrogen-bond acceptors (Lipinski definition) is 5. The molecule has 4 aromatic carbocycles. The normalized spacial score (nSPS) is 14.7. The van der Waals surface area contributed by atoms with Crippen molar-refractivity contribution in [2.45, 2.75) is 13.1 Å². The summed E-state index contributed by atoms with van der Waals surface area (Å²) in [6, 6.07) is 28.1. The number of carbonyl (C=O) groups is 2. The first-order valence-corrected chi connectivity index (χ1v) is 12.8. The molecule has 186 valence electrons. The maximum Gasteiger partial charge on any atom is 0.293 e. The smallest absolute Gasteiger partial charge is 0.293 e. The number of para-hydroxylation sites is 1. The molecule has 0 aliphatic carbocycles. The first-order chi connectivity index (χ1) is 18.5. The van der Waals surface area contributed by atoms with Crippen molar-refractivity contribution in [1.29, 1.82) is 0 Å². The van der Waals surface area contributed by atoms with Gasteiger partial charge in [0.05, 0.1) is 16.4 Å². The van der Waals surface area contributed by atoms with Gasteiger partial charge in [-0.3, -0.25) is 24.6 Å². The first kappa shape index (κ1) is 23.7. The van der Waals surface area contributed by atoms with Gasteiger partial charge in [-0.2, -0.15) is 0 Å². The van der Waals surface area contributed by atoms with Crippen molar-refractivity contribution in [2.75, 3.05) is 0 Å². The molecule has 2 amide bonds. The lowest BCUT2D eigenvalue weighted by Gasteiger charge is -2.14. The van der Waals surface area contributed by atoms with Crippen LogP contribution in [0.25, 0.3) is 27.8 Å². The Labute approximate surface area is 222 Å². The quantitative estimate of drug-likeness (QED) is 0.137. The number of carbonyl (C=O) groups excluding carboxylic acids is 2. The molecule has 1 aromatic heterocycles. The number of fused-ring (bicyclic) bond motifs is 2. The van der Waals surface area contributed by atoms with Gasteiger partial charge in [0.15, 0.2) is 0 Å². The number of aromatic nitrogens is 1. The molecule has 1 aliphatic rings. The van der Waals surface area contributed by atoms with Crippen LogP contribution in [0.2, 0.25) is 0 Å². The third-order valence-corrected chi connectivity index (χ3v) is 7.60. The van der Waals surface area contributed by atoms with E-state index in [0.29, 0.717) is 11.4 Å². The minimum Gasteiger partial charge on any atom is -0.342 e. The van der Waals surface area contributed by atoms with Gasteiger partial charge in [-0.05, 0) is 45.8 Å². The number of non-ortho nitro benzene ring substituents is 1. The van der Waals surface area contributed by atoms with Gasteiger partial charge in [-0.25, -0.2) is 0 Å². The first-order valence-electron chi connectivity index (χ1n) is 12.0. The zero-order valence-corrected chi connectivity index (χ0v) is 20.9. The maximum absolute atomic E-state index is 13.3. The zero-order valence-electron chi connectivity index (χ0n) is 20.1. The third-order valence-electron chi connectivity index (χ3n) is 6.69. The number of hydrogen-bond donors (Lipinski definition) is 0. The summed E-state index contributed by atoms with van der Waals surface area (Å²) in [5.41, 5.74) is 3.68. The second-order valence-corrected chi connectivity index (χ2v) is 10.1. The van der Waals surface area contributed by atoms with E-state index in [1.54, 1.807) is 18.2 Å². The van der Waals surface area contributed by atoms with Crippen LogP contribution in [0.3, 0.4) is 0 Å². The van der Waals surface area contributed by atoms with Crippen molar-refractivity contribution in [2.24, 2.45) is 0 Å². The summed E-state index contributed by atoms with van der Waals surface area (Å²) in [5, 5.41) is 13.7. The SMILES string of the molecule is O=C1S/C(=C/c2cn(Cc3ccc([N+](=O)[O-])cc3)c3ccccc23)C(=O)N1Cc1cccc2ccccc12. The Bertz CT molecular complexity index is 1770. The van der Waals surface area contributed by atoms with E-state index in [-0.39, 0.29) is 23.4 Å². The molecule has 0 N–H and O–H groups in total. The van der Waals surface area contributed by atoms with Crippen molar-refractivity contribution in [3.05, 3.63) is 129 Å². The number of imide groups is 1. The fraction of sp³-hybridized carbons (Fsp3) is 0.0667. The van der Waals surface area contributed by atoms with Crippen LogP contribution in [0, 0.1) is 10.1 Å². The highest BCUT2D eigenvalue weighted by atomic mass is 32.2. The third kappa shape index (κ3) is 4.35. The van der Waals surface area contributed by atoms with E-state index in [1.807, 2.05) is 77.5 Å². The van der Waals surface area contributed by atoms with Crippen molar-refractivity contribution < 1.29 is 14.5 Å². The van der Waals surface area contributed by atoms with Crippen LogP contribution in [-0.2, 0) is 17.9 Å². The molecule has 8 heteroatoms. The summed E-state index contributed by atoms with van der Waals surface area (Å²) in [5.74, 6) is -0.305. The predicted molar refractivity (Wildman–Crippen MR) is 150 cm³/mol. The molecule has 5 aromatic rings. The van der Waals surface area contributed by atoms with E-state index in [4.69, 9.17) is 0 Å². The molecule has 0 radical (unpaired) electrons. The Balaban J connectivity index is 1.30. The summed E-state index contributed by atoms with van der Waals surface area (Å²) in [6.07, 6.45) is 3.73. The highest BCUT2D eigenvalue weighted by Gasteiger charge is 2.35. The highest BCUT2D eigenvalue weighted by molar-refractivity contribution is 8.18. The van der Waals surface area contributed by atoms with Crippen LogP contribution < -0.4 is 0 Å². The van der Waals surface area contributed by atoms with Crippen LogP contribution >= 0.6 is 11.8 Å². The Kier molecular flexibility index (Phi) is 6.01. The van der Waals surface area contributed by atoms with Gasteiger partial charge in [0.2, 0.25) is 0 Å². The monoisotopic (exact) mass is 519 g/mol. The van der Waals surface area contributed by atoms with E-state index in [0.717, 1.165) is 50.1 Å². The Hall–Kier alpha value is -4.69. The molecule has 1 saturated heterocycles. The molecule has 0 bridgehead atoms. The second-order valence-electron chi connectivity index (χ2n) is 9.06. The lowest BCUT2D eigenvalue weighted by atomic mass is 10.0. The number of nitro groups is 1. The standard InChI is InChI=1S/C30H21N3O4S/c34-29-28(38-30(35)32(29)19-22-8-5-7-21-6-1-2-9-25(21)22)16-23-18-31(27-11-4-3-10-26(23)27)17-20-12-14-24(15-13-20)33(36)37/h1-16,18H,17,19H2/b28-16+. The summed E-state index contributed by atoms with van der Waals surface area (Å²) >= 11 is 0.953. The minimum absolute atomic E-state index is 0.0472. The molecule has 38 heavy (non-hydrogen) atoms. The number of amides is 2. The van der Waals surface area contributed by atoms with Gasteiger partial charge in [0, 0.05) is 41.3 Å². The number of thioether (sulfide) groups is 1. The maximum atomic E-state index is 13.3. The van der Waals surface area contributed by atoms with Gasteiger partial charge in [0.1, 0.15) is 0 Å². The average Bonchev–Trinajstić information content (AvgIpc) is 3.41. The van der Waals surface area contributed by atoms with Gasteiger partial charge in [-0.1, -0.05) is 72.8 Å². The van der Waals surface area contributed by atoms with Gasteiger partial charge >= 0.3 is 0 Å². The van der Waals surface area contributed by atoms with E-state index < -0.39 is 4.92 Å². The predicted octanol–water partition coefficient (Wildman–Crippen LogP) is 6.99. The lowest BCUT2D eigenvalue weighted by Crippen LogP contribution is -2.27. The average molecular weight is 520 g/mol. The summed E-state index contributed by atoms with van der Waals surface area (Å²) in [6.45, 7) is 0.722. The van der Waals surface area contributed by atoms with Gasteiger partial charge in [-0.15, -0.1) is 0 Å². The number of rotatable bonds is 6. The topological polar surface area (TPSA) is 85.5 Å². The Morgan fingerprint density at radius 3 is 2.32 bits per heavy atom. The number of nitro benzene ring substituents is 1. The molecule has 7 nitrogen and oxygen atoms in total. The second kappa shape index (κ2) is 9.64. The Morgan fingerprint density at radius 1 is 0.816 bits per heavy atom. The summed E-state index contributed by atoms with van der Waals surface area (Å²) in [4.78, 5) is 38.5. The number of benzene rings is 4. The highest BCUT2D eigenvalue weighted by Crippen LogP contribution is 2.36. The van der Waals surface area contributed by atoms with Crippen LogP contribution in [0.15, 0.2) is 102 Å². The molecule has 0 atom stereocenters. The summed E-state index contributed by atoms with van der Waals surface area (Å²) in [7, 11) is 0. The molecular formula is C30H21N3O4S.